The van der Waals surface area contributed by atoms with Gasteiger partial charge in [-0.05, 0) is 63.5 Å². The summed E-state index contributed by atoms with van der Waals surface area (Å²) in [6, 6.07) is 7.89. The molecule has 2 heterocycles. The van der Waals surface area contributed by atoms with Crippen molar-refractivity contribution in [2.24, 2.45) is 0 Å². The Morgan fingerprint density at radius 1 is 1.00 bits per heavy atom. The van der Waals surface area contributed by atoms with Gasteiger partial charge in [-0.2, -0.15) is 0 Å². The highest BCUT2D eigenvalue weighted by Gasteiger charge is 2.24. The number of piperidine rings is 2. The molecule has 0 atom stereocenters. The molecule has 6 nitrogen and oxygen atoms in total. The Kier molecular flexibility index (Phi) is 10.4. The zero-order valence-electron chi connectivity index (χ0n) is 17.5. The highest BCUT2D eigenvalue weighted by atomic mass is 35.5. The average Bonchev–Trinajstić information content (AvgIpc) is 2.74. The number of carbonyl (C=O) groups excluding carboxylic acids is 1. The van der Waals surface area contributed by atoms with Gasteiger partial charge in [0.2, 0.25) is 0 Å². The molecule has 0 aromatic heterocycles. The molecular formula is C22H35ClN2O4. The summed E-state index contributed by atoms with van der Waals surface area (Å²) < 4.78 is 17.0. The van der Waals surface area contributed by atoms with E-state index < -0.39 is 0 Å². The molecule has 2 aliphatic heterocycles. The van der Waals surface area contributed by atoms with Crippen molar-refractivity contribution in [2.45, 2.75) is 51.6 Å². The van der Waals surface area contributed by atoms with Crippen LogP contribution in [0.15, 0.2) is 24.3 Å². The van der Waals surface area contributed by atoms with E-state index in [0.717, 1.165) is 43.9 Å². The molecule has 1 amide bonds. The van der Waals surface area contributed by atoms with Crippen LogP contribution in [0.25, 0.3) is 0 Å². The minimum Gasteiger partial charge on any atom is -0.494 e. The van der Waals surface area contributed by atoms with Gasteiger partial charge in [0.25, 0.3) is 0 Å². The number of hydrogen-bond donors (Lipinski definition) is 0. The molecule has 0 saturated carbocycles. The quantitative estimate of drug-likeness (QED) is 0.578. The van der Waals surface area contributed by atoms with Crippen molar-refractivity contribution in [2.75, 3.05) is 45.9 Å². The number of hydrogen-bond acceptors (Lipinski definition) is 5. The largest absolute Gasteiger partial charge is 0.494 e. The number of carbonyl (C=O) groups is 1. The number of ether oxygens (including phenoxy) is 3. The zero-order chi connectivity index (χ0) is 19.6. The van der Waals surface area contributed by atoms with Crippen molar-refractivity contribution in [3.05, 3.63) is 24.3 Å². The molecule has 0 aliphatic carbocycles. The summed E-state index contributed by atoms with van der Waals surface area (Å²) in [7, 11) is 0. The lowest BCUT2D eigenvalue weighted by atomic mass is 10.1. The van der Waals surface area contributed by atoms with Gasteiger partial charge < -0.3 is 24.0 Å². The molecule has 29 heavy (non-hydrogen) atoms. The van der Waals surface area contributed by atoms with Crippen LogP contribution in [0.5, 0.6) is 11.5 Å². The summed E-state index contributed by atoms with van der Waals surface area (Å²) in [6.07, 6.45) is 6.70. The van der Waals surface area contributed by atoms with Gasteiger partial charge in [-0.1, -0.05) is 6.42 Å². The predicted molar refractivity (Wildman–Crippen MR) is 116 cm³/mol. The molecule has 2 saturated heterocycles. The van der Waals surface area contributed by atoms with Gasteiger partial charge in [-0.25, -0.2) is 4.79 Å². The summed E-state index contributed by atoms with van der Waals surface area (Å²) in [4.78, 5) is 16.0. The summed E-state index contributed by atoms with van der Waals surface area (Å²) in [6.45, 7) is 7.98. The second-order valence-corrected chi connectivity index (χ2v) is 7.58. The fourth-order valence-electron chi connectivity index (χ4n) is 3.84. The molecule has 0 spiro atoms. The van der Waals surface area contributed by atoms with Crippen LogP contribution in [0.1, 0.15) is 45.4 Å². The second-order valence-electron chi connectivity index (χ2n) is 7.58. The Balaban J connectivity index is 0.00000300. The SMILES string of the molecule is CCOC(=O)N1CCC(Oc2ccc(OCCCN3CCCCC3)cc2)CC1.Cl. The first-order valence-corrected chi connectivity index (χ1v) is 10.8. The molecule has 2 fully saturated rings. The highest BCUT2D eigenvalue weighted by molar-refractivity contribution is 5.85. The maximum atomic E-state index is 11.7. The molecular weight excluding hydrogens is 392 g/mol. The summed E-state index contributed by atoms with van der Waals surface area (Å²) in [5.41, 5.74) is 0. The molecule has 164 valence electrons. The van der Waals surface area contributed by atoms with E-state index in [1.807, 2.05) is 31.2 Å². The third-order valence-electron chi connectivity index (χ3n) is 5.43. The monoisotopic (exact) mass is 426 g/mol. The summed E-state index contributed by atoms with van der Waals surface area (Å²) >= 11 is 0. The van der Waals surface area contributed by atoms with Gasteiger partial charge in [0.15, 0.2) is 0 Å². The van der Waals surface area contributed by atoms with Crippen LogP contribution in [0.2, 0.25) is 0 Å². The molecule has 0 radical (unpaired) electrons. The van der Waals surface area contributed by atoms with E-state index in [9.17, 15) is 4.79 Å². The lowest BCUT2D eigenvalue weighted by Gasteiger charge is -2.31. The van der Waals surface area contributed by atoms with Crippen LogP contribution in [-0.2, 0) is 4.74 Å². The maximum Gasteiger partial charge on any atom is 0.409 e. The van der Waals surface area contributed by atoms with E-state index in [-0.39, 0.29) is 24.6 Å². The van der Waals surface area contributed by atoms with Crippen LogP contribution in [-0.4, -0.2) is 67.9 Å². The minimum absolute atomic E-state index is 0. The first-order valence-electron chi connectivity index (χ1n) is 10.8. The lowest BCUT2D eigenvalue weighted by Crippen LogP contribution is -2.42. The Morgan fingerprint density at radius 2 is 1.66 bits per heavy atom. The number of amides is 1. The van der Waals surface area contributed by atoms with Crippen LogP contribution in [0.4, 0.5) is 4.79 Å². The highest BCUT2D eigenvalue weighted by Crippen LogP contribution is 2.22. The Morgan fingerprint density at radius 3 is 2.31 bits per heavy atom. The number of likely N-dealkylation sites (tertiary alicyclic amines) is 2. The first-order chi connectivity index (χ1) is 13.7. The normalized spacial score (nSPS) is 18.0. The molecule has 7 heteroatoms. The topological polar surface area (TPSA) is 51.2 Å². The lowest BCUT2D eigenvalue weighted by molar-refractivity contribution is 0.0703. The molecule has 0 unspecified atom stereocenters. The average molecular weight is 427 g/mol. The van der Waals surface area contributed by atoms with E-state index in [1.165, 1.54) is 32.4 Å². The number of benzene rings is 1. The first kappa shape index (κ1) is 23.6. The van der Waals surface area contributed by atoms with Gasteiger partial charge in [-0.3, -0.25) is 0 Å². The van der Waals surface area contributed by atoms with E-state index in [4.69, 9.17) is 14.2 Å². The van der Waals surface area contributed by atoms with E-state index >= 15 is 0 Å². The Bertz CT molecular complexity index is 585. The van der Waals surface area contributed by atoms with Crippen LogP contribution >= 0.6 is 12.4 Å². The van der Waals surface area contributed by atoms with Crippen molar-refractivity contribution in [3.63, 3.8) is 0 Å². The smallest absolute Gasteiger partial charge is 0.409 e. The molecule has 3 rings (SSSR count). The standard InChI is InChI=1S/C22H34N2O4.ClH/c1-2-26-22(25)24-16-11-21(12-17-24)28-20-9-7-19(8-10-20)27-18-6-15-23-13-4-3-5-14-23;/h7-10,21H,2-6,11-18H2,1H3;1H. The molecule has 0 bridgehead atoms. The fourth-order valence-corrected chi connectivity index (χ4v) is 3.84. The summed E-state index contributed by atoms with van der Waals surface area (Å²) in [5.74, 6) is 1.75. The molecule has 2 aliphatic rings. The van der Waals surface area contributed by atoms with Gasteiger partial charge in [-0.15, -0.1) is 12.4 Å². The molecule has 1 aromatic carbocycles. The van der Waals surface area contributed by atoms with Crippen molar-refractivity contribution in [1.29, 1.82) is 0 Å². The fraction of sp³-hybridized carbons (Fsp3) is 0.682. The van der Waals surface area contributed by atoms with Crippen molar-refractivity contribution in [1.82, 2.24) is 9.80 Å². The molecule has 0 N–H and O–H groups in total. The van der Waals surface area contributed by atoms with Crippen LogP contribution in [0, 0.1) is 0 Å². The third kappa shape index (κ3) is 7.94. The maximum absolute atomic E-state index is 11.7. The van der Waals surface area contributed by atoms with Crippen molar-refractivity contribution < 1.29 is 19.0 Å². The predicted octanol–water partition coefficient (Wildman–Crippen LogP) is 4.36. The second kappa shape index (κ2) is 12.8. The third-order valence-corrected chi connectivity index (χ3v) is 5.43. The van der Waals surface area contributed by atoms with E-state index in [0.29, 0.717) is 19.7 Å². The number of rotatable bonds is 8. The molecule has 1 aromatic rings. The zero-order valence-corrected chi connectivity index (χ0v) is 18.3. The summed E-state index contributed by atoms with van der Waals surface area (Å²) in [5, 5.41) is 0. The minimum atomic E-state index is -0.220. The Labute approximate surface area is 180 Å². The van der Waals surface area contributed by atoms with E-state index in [2.05, 4.69) is 4.90 Å². The van der Waals surface area contributed by atoms with Crippen molar-refractivity contribution >= 4 is 18.5 Å². The van der Waals surface area contributed by atoms with E-state index in [1.54, 1.807) is 4.90 Å². The number of halogens is 1. The van der Waals surface area contributed by atoms with Gasteiger partial charge in [0, 0.05) is 32.5 Å². The van der Waals surface area contributed by atoms with Gasteiger partial charge in [0.1, 0.15) is 17.6 Å². The van der Waals surface area contributed by atoms with Crippen LogP contribution < -0.4 is 9.47 Å². The van der Waals surface area contributed by atoms with Gasteiger partial charge >= 0.3 is 6.09 Å². The van der Waals surface area contributed by atoms with Crippen molar-refractivity contribution in [3.8, 4) is 11.5 Å². The number of nitrogens with zero attached hydrogens (tertiary/aromatic N) is 2. The Hall–Kier alpha value is -1.66. The van der Waals surface area contributed by atoms with Crippen LogP contribution in [0.3, 0.4) is 0 Å². The van der Waals surface area contributed by atoms with Gasteiger partial charge in [0.05, 0.1) is 13.2 Å².